The van der Waals surface area contributed by atoms with Gasteiger partial charge in [-0.2, -0.15) is 0 Å². The van der Waals surface area contributed by atoms with Crippen LogP contribution < -0.4 is 0 Å². The molecule has 2 fully saturated rings. The van der Waals surface area contributed by atoms with E-state index in [1.165, 1.54) is 6.42 Å². The maximum atomic E-state index is 11.3. The molecule has 2 nitrogen and oxygen atoms in total. The van der Waals surface area contributed by atoms with E-state index in [0.29, 0.717) is 12.3 Å². The van der Waals surface area contributed by atoms with Gasteiger partial charge in [-0.1, -0.05) is 12.8 Å². The van der Waals surface area contributed by atoms with Gasteiger partial charge in [-0.3, -0.25) is 4.79 Å². The van der Waals surface area contributed by atoms with E-state index < -0.39 is 5.60 Å². The van der Waals surface area contributed by atoms with Crippen LogP contribution in [-0.4, -0.2) is 16.5 Å². The van der Waals surface area contributed by atoms with E-state index in [0.717, 1.165) is 25.7 Å². The summed E-state index contributed by atoms with van der Waals surface area (Å²) in [6.45, 7) is 0. The third kappa shape index (κ3) is 0.924. The van der Waals surface area contributed by atoms with Gasteiger partial charge in [0.05, 0.1) is 0 Å². The van der Waals surface area contributed by atoms with Gasteiger partial charge in [-0.05, 0) is 25.2 Å². The van der Waals surface area contributed by atoms with Gasteiger partial charge in [0.25, 0.3) is 0 Å². The molecule has 0 heterocycles. The van der Waals surface area contributed by atoms with E-state index >= 15 is 0 Å². The molecule has 2 rings (SSSR count). The van der Waals surface area contributed by atoms with Crippen molar-refractivity contribution in [3.63, 3.8) is 0 Å². The monoisotopic (exact) mass is 154 g/mol. The second kappa shape index (κ2) is 2.31. The van der Waals surface area contributed by atoms with Crippen molar-refractivity contribution in [2.24, 2.45) is 5.92 Å². The molecular weight excluding hydrogens is 140 g/mol. The van der Waals surface area contributed by atoms with Gasteiger partial charge in [-0.15, -0.1) is 0 Å². The highest BCUT2D eigenvalue weighted by Crippen LogP contribution is 2.43. The number of carbonyl (C=O) groups is 1. The van der Waals surface area contributed by atoms with E-state index in [2.05, 4.69) is 0 Å². The largest absolute Gasteiger partial charge is 0.382 e. The molecule has 11 heavy (non-hydrogen) atoms. The van der Waals surface area contributed by atoms with E-state index in [9.17, 15) is 9.90 Å². The molecule has 0 aromatic heterocycles. The maximum absolute atomic E-state index is 11.3. The third-order valence-corrected chi connectivity index (χ3v) is 3.24. The number of hydrogen-bond donors (Lipinski definition) is 1. The van der Waals surface area contributed by atoms with Crippen molar-refractivity contribution < 1.29 is 9.90 Å². The molecule has 2 aliphatic rings. The van der Waals surface area contributed by atoms with Gasteiger partial charge in [0, 0.05) is 6.42 Å². The highest BCUT2D eigenvalue weighted by molar-refractivity contribution is 5.89. The maximum Gasteiger partial charge on any atom is 0.164 e. The first-order valence-electron chi connectivity index (χ1n) is 4.49. The van der Waals surface area contributed by atoms with Crippen molar-refractivity contribution >= 4 is 5.78 Å². The first-order valence-corrected chi connectivity index (χ1v) is 4.49. The summed E-state index contributed by atoms with van der Waals surface area (Å²) in [7, 11) is 0. The molecule has 0 aromatic carbocycles. The molecule has 0 bridgehead atoms. The Hall–Kier alpha value is -0.370. The minimum absolute atomic E-state index is 0.0993. The Bertz CT molecular complexity index is 188. The summed E-state index contributed by atoms with van der Waals surface area (Å²) in [4.78, 5) is 11.3. The average Bonchev–Trinajstić information content (AvgIpc) is 2.29. The highest BCUT2D eigenvalue weighted by atomic mass is 16.3. The fourth-order valence-electron chi connectivity index (χ4n) is 2.50. The average molecular weight is 154 g/mol. The number of aliphatic hydroxyl groups is 1. The van der Waals surface area contributed by atoms with Crippen molar-refractivity contribution in [3.05, 3.63) is 0 Å². The number of rotatable bonds is 0. The van der Waals surface area contributed by atoms with Crippen molar-refractivity contribution in [1.29, 1.82) is 0 Å². The van der Waals surface area contributed by atoms with Gasteiger partial charge in [-0.25, -0.2) is 0 Å². The quantitative estimate of drug-likeness (QED) is 0.570. The lowest BCUT2D eigenvalue weighted by molar-refractivity contribution is -0.139. The molecule has 2 unspecified atom stereocenters. The molecule has 2 heteroatoms. The zero-order valence-corrected chi connectivity index (χ0v) is 6.68. The molecule has 0 aromatic rings. The number of fused-ring (bicyclic) bond motifs is 1. The Kier molecular flexibility index (Phi) is 1.53. The van der Waals surface area contributed by atoms with Crippen LogP contribution in [0.5, 0.6) is 0 Å². The molecule has 0 saturated heterocycles. The highest BCUT2D eigenvalue weighted by Gasteiger charge is 2.48. The van der Waals surface area contributed by atoms with Crippen LogP contribution in [-0.2, 0) is 4.79 Å². The second-order valence-electron chi connectivity index (χ2n) is 3.83. The summed E-state index contributed by atoms with van der Waals surface area (Å²) in [5.41, 5.74) is -0.891. The normalized spacial score (nSPS) is 44.1. The van der Waals surface area contributed by atoms with Crippen molar-refractivity contribution in [1.82, 2.24) is 0 Å². The zero-order valence-electron chi connectivity index (χ0n) is 6.68. The minimum atomic E-state index is -0.891. The van der Waals surface area contributed by atoms with E-state index in [4.69, 9.17) is 0 Å². The smallest absolute Gasteiger partial charge is 0.164 e. The van der Waals surface area contributed by atoms with Gasteiger partial charge >= 0.3 is 0 Å². The molecule has 1 N–H and O–H groups in total. The topological polar surface area (TPSA) is 37.3 Å². The Morgan fingerprint density at radius 3 is 2.91 bits per heavy atom. The van der Waals surface area contributed by atoms with Crippen LogP contribution in [0.1, 0.15) is 38.5 Å². The van der Waals surface area contributed by atoms with Crippen LogP contribution in [0, 0.1) is 5.92 Å². The lowest BCUT2D eigenvalue weighted by Crippen LogP contribution is -2.42. The van der Waals surface area contributed by atoms with Gasteiger partial charge < -0.3 is 5.11 Å². The summed E-state index contributed by atoms with van der Waals surface area (Å²) in [6.07, 6.45) is 5.54. The number of hydrogen-bond acceptors (Lipinski definition) is 2. The first kappa shape index (κ1) is 7.29. The Morgan fingerprint density at radius 2 is 2.18 bits per heavy atom. The Labute approximate surface area is 66.6 Å². The Balaban J connectivity index is 2.23. The van der Waals surface area contributed by atoms with E-state index in [-0.39, 0.29) is 5.78 Å². The van der Waals surface area contributed by atoms with Crippen molar-refractivity contribution in [2.75, 3.05) is 0 Å². The van der Waals surface area contributed by atoms with Crippen LogP contribution in [0.2, 0.25) is 0 Å². The van der Waals surface area contributed by atoms with E-state index in [1.54, 1.807) is 0 Å². The number of ketones is 1. The first-order chi connectivity index (χ1) is 5.23. The minimum Gasteiger partial charge on any atom is -0.382 e. The molecule has 2 atom stereocenters. The van der Waals surface area contributed by atoms with Crippen molar-refractivity contribution in [2.45, 2.75) is 44.1 Å². The predicted molar refractivity (Wildman–Crippen MR) is 41.1 cm³/mol. The molecule has 2 saturated carbocycles. The third-order valence-electron chi connectivity index (χ3n) is 3.24. The molecule has 0 amide bonds. The van der Waals surface area contributed by atoms with Crippen LogP contribution in [0.3, 0.4) is 0 Å². The molecule has 62 valence electrons. The molecule has 0 aliphatic heterocycles. The fourth-order valence-corrected chi connectivity index (χ4v) is 2.50. The fraction of sp³-hybridized carbons (Fsp3) is 0.889. The lowest BCUT2D eigenvalue weighted by atomic mass is 9.77. The number of carbonyl (C=O) groups excluding carboxylic acids is 1. The summed E-state index contributed by atoms with van der Waals surface area (Å²) >= 11 is 0. The summed E-state index contributed by atoms with van der Waals surface area (Å²) < 4.78 is 0. The van der Waals surface area contributed by atoms with Crippen molar-refractivity contribution in [3.8, 4) is 0 Å². The second-order valence-corrected chi connectivity index (χ2v) is 3.83. The molecule has 2 aliphatic carbocycles. The summed E-state index contributed by atoms with van der Waals surface area (Å²) in [6, 6.07) is 0. The predicted octanol–water partition coefficient (Wildman–Crippen LogP) is 1.27. The molecular formula is C9H14O2. The van der Waals surface area contributed by atoms with Crippen LogP contribution >= 0.6 is 0 Å². The number of Topliss-reactive ketones (excluding diaryl/α,β-unsaturated/α-hetero) is 1. The molecule has 0 radical (unpaired) electrons. The van der Waals surface area contributed by atoms with Gasteiger partial charge in [0.1, 0.15) is 5.60 Å². The summed E-state index contributed by atoms with van der Waals surface area (Å²) in [5.74, 6) is 0.394. The van der Waals surface area contributed by atoms with Crippen LogP contribution in [0.25, 0.3) is 0 Å². The van der Waals surface area contributed by atoms with Gasteiger partial charge in [0.15, 0.2) is 5.78 Å². The van der Waals surface area contributed by atoms with Crippen LogP contribution in [0.4, 0.5) is 0 Å². The SMILES string of the molecule is O=C1CCC2CCCCC12O. The lowest BCUT2D eigenvalue weighted by Gasteiger charge is -2.32. The van der Waals surface area contributed by atoms with Crippen LogP contribution in [0.15, 0.2) is 0 Å². The van der Waals surface area contributed by atoms with E-state index in [1.807, 2.05) is 0 Å². The van der Waals surface area contributed by atoms with Gasteiger partial charge in [0.2, 0.25) is 0 Å². The standard InChI is InChI=1S/C9H14O2/c10-8-5-4-7-3-1-2-6-9(7,8)11/h7,11H,1-6H2. The molecule has 0 spiro atoms. The Morgan fingerprint density at radius 1 is 1.36 bits per heavy atom. The summed E-state index contributed by atoms with van der Waals surface area (Å²) in [5, 5.41) is 9.93. The zero-order chi connectivity index (χ0) is 7.90.